The lowest BCUT2D eigenvalue weighted by atomic mass is 10.3. The van der Waals surface area contributed by atoms with Gasteiger partial charge in [0.15, 0.2) is 0 Å². The molecule has 0 N–H and O–H groups in total. The number of halogens is 2. The standard InChI is InChI=1S/C10H7ClN2OS.ClH/c1-6-8(9(11)14)15-10(13-6)7-2-4-12-5-3-7;/h2-5H,1H3;1H. The van der Waals surface area contributed by atoms with Crippen molar-refractivity contribution in [2.24, 2.45) is 0 Å². The Kier molecular flexibility index (Phi) is 4.41. The Bertz CT molecular complexity index is 499. The van der Waals surface area contributed by atoms with Crippen LogP contribution in [0, 0.1) is 6.92 Å². The molecule has 3 nitrogen and oxygen atoms in total. The fourth-order valence-corrected chi connectivity index (χ4v) is 2.35. The van der Waals surface area contributed by atoms with E-state index < -0.39 is 5.24 Å². The minimum atomic E-state index is -0.453. The van der Waals surface area contributed by atoms with Crippen molar-refractivity contribution in [2.75, 3.05) is 0 Å². The first-order valence-corrected chi connectivity index (χ1v) is 5.45. The molecule has 0 spiro atoms. The fraction of sp³-hybridized carbons (Fsp3) is 0.100. The molecule has 0 aliphatic heterocycles. The summed E-state index contributed by atoms with van der Waals surface area (Å²) in [7, 11) is 0. The van der Waals surface area contributed by atoms with Crippen molar-refractivity contribution in [3.8, 4) is 10.6 Å². The zero-order chi connectivity index (χ0) is 10.8. The van der Waals surface area contributed by atoms with Gasteiger partial charge in [0.05, 0.1) is 5.69 Å². The molecule has 0 amide bonds. The van der Waals surface area contributed by atoms with E-state index in [9.17, 15) is 4.79 Å². The van der Waals surface area contributed by atoms with Gasteiger partial charge in [0.1, 0.15) is 9.88 Å². The minimum absolute atomic E-state index is 0. The second kappa shape index (κ2) is 5.39. The van der Waals surface area contributed by atoms with Gasteiger partial charge in [0.25, 0.3) is 5.24 Å². The van der Waals surface area contributed by atoms with Crippen molar-refractivity contribution in [1.29, 1.82) is 0 Å². The number of carbonyl (C=O) groups excluding carboxylic acids is 1. The van der Waals surface area contributed by atoms with E-state index in [1.54, 1.807) is 19.3 Å². The Hall–Kier alpha value is -0.970. The van der Waals surface area contributed by atoms with Crippen LogP contribution < -0.4 is 0 Å². The number of nitrogens with zero attached hydrogens (tertiary/aromatic N) is 2. The predicted molar refractivity (Wildman–Crippen MR) is 67.5 cm³/mol. The van der Waals surface area contributed by atoms with E-state index in [0.717, 1.165) is 10.6 Å². The van der Waals surface area contributed by atoms with Crippen LogP contribution >= 0.6 is 35.3 Å². The average Bonchev–Trinajstić information content (AvgIpc) is 2.62. The smallest absolute Gasteiger partial charge is 0.264 e. The Balaban J connectivity index is 0.00000128. The molecule has 2 aromatic heterocycles. The molecule has 0 atom stereocenters. The SMILES string of the molecule is Cc1nc(-c2ccncc2)sc1C(=O)Cl.Cl. The Labute approximate surface area is 108 Å². The van der Waals surface area contributed by atoms with E-state index in [4.69, 9.17) is 11.6 Å². The summed E-state index contributed by atoms with van der Waals surface area (Å²) in [5.74, 6) is 0. The highest BCUT2D eigenvalue weighted by Gasteiger charge is 2.13. The first-order valence-electron chi connectivity index (χ1n) is 4.26. The van der Waals surface area contributed by atoms with Crippen LogP contribution in [0.4, 0.5) is 0 Å². The van der Waals surface area contributed by atoms with Crippen LogP contribution in [0.1, 0.15) is 15.4 Å². The maximum atomic E-state index is 11.0. The second-order valence-electron chi connectivity index (χ2n) is 2.94. The number of hydrogen-bond acceptors (Lipinski definition) is 4. The number of aryl methyl sites for hydroxylation is 1. The summed E-state index contributed by atoms with van der Waals surface area (Å²) >= 11 is 6.73. The van der Waals surface area contributed by atoms with Gasteiger partial charge in [-0.1, -0.05) is 0 Å². The molecule has 0 saturated heterocycles. The molecule has 2 aromatic rings. The molecule has 16 heavy (non-hydrogen) atoms. The number of hydrogen-bond donors (Lipinski definition) is 0. The highest BCUT2D eigenvalue weighted by molar-refractivity contribution is 7.18. The largest absolute Gasteiger partial charge is 0.275 e. The summed E-state index contributed by atoms with van der Waals surface area (Å²) in [6, 6.07) is 3.70. The Morgan fingerprint density at radius 1 is 1.38 bits per heavy atom. The van der Waals surface area contributed by atoms with Gasteiger partial charge in [0.2, 0.25) is 0 Å². The minimum Gasteiger partial charge on any atom is -0.275 e. The van der Waals surface area contributed by atoms with Crippen LogP contribution in [0.15, 0.2) is 24.5 Å². The predicted octanol–water partition coefficient (Wildman–Crippen LogP) is 3.31. The molecule has 0 bridgehead atoms. The van der Waals surface area contributed by atoms with E-state index in [1.807, 2.05) is 12.1 Å². The third-order valence-corrected chi connectivity index (χ3v) is 3.41. The third-order valence-electron chi connectivity index (χ3n) is 1.90. The molecule has 6 heteroatoms. The van der Waals surface area contributed by atoms with E-state index in [2.05, 4.69) is 9.97 Å². The topological polar surface area (TPSA) is 42.9 Å². The number of pyridine rings is 1. The van der Waals surface area contributed by atoms with Gasteiger partial charge >= 0.3 is 0 Å². The molecule has 2 heterocycles. The second-order valence-corrected chi connectivity index (χ2v) is 4.29. The highest BCUT2D eigenvalue weighted by Crippen LogP contribution is 2.28. The normalized spacial score (nSPS) is 9.62. The van der Waals surface area contributed by atoms with Gasteiger partial charge < -0.3 is 0 Å². The third kappa shape index (κ3) is 2.58. The van der Waals surface area contributed by atoms with Crippen LogP contribution in [-0.2, 0) is 0 Å². The van der Waals surface area contributed by atoms with Crippen LogP contribution in [0.25, 0.3) is 10.6 Å². The highest BCUT2D eigenvalue weighted by atomic mass is 35.5. The molecule has 2 rings (SSSR count). The summed E-state index contributed by atoms with van der Waals surface area (Å²) in [6.07, 6.45) is 3.38. The maximum absolute atomic E-state index is 11.0. The quantitative estimate of drug-likeness (QED) is 0.790. The number of rotatable bonds is 2. The molecular formula is C10H8Cl2N2OS. The van der Waals surface area contributed by atoms with Gasteiger partial charge in [0, 0.05) is 18.0 Å². The summed E-state index contributed by atoms with van der Waals surface area (Å²) in [4.78, 5) is 19.7. The first-order chi connectivity index (χ1) is 7.18. The molecule has 0 aliphatic carbocycles. The Morgan fingerprint density at radius 2 is 2.00 bits per heavy atom. The number of carbonyl (C=O) groups is 1. The van der Waals surface area contributed by atoms with Gasteiger partial charge in [-0.05, 0) is 30.7 Å². The average molecular weight is 275 g/mol. The van der Waals surface area contributed by atoms with Crippen LogP contribution in [0.3, 0.4) is 0 Å². The zero-order valence-electron chi connectivity index (χ0n) is 8.31. The van der Waals surface area contributed by atoms with Crippen molar-refractivity contribution in [3.63, 3.8) is 0 Å². The summed E-state index contributed by atoms with van der Waals surface area (Å²) < 4.78 is 0. The molecular weight excluding hydrogens is 267 g/mol. The van der Waals surface area contributed by atoms with Crippen LogP contribution in [0.2, 0.25) is 0 Å². The number of aromatic nitrogens is 2. The van der Waals surface area contributed by atoms with Gasteiger partial charge in [-0.3, -0.25) is 9.78 Å². The summed E-state index contributed by atoms with van der Waals surface area (Å²) in [5.41, 5.74) is 1.62. The molecule has 0 aliphatic rings. The monoisotopic (exact) mass is 274 g/mol. The maximum Gasteiger partial charge on any atom is 0.264 e. The summed E-state index contributed by atoms with van der Waals surface area (Å²) in [6.45, 7) is 1.77. The van der Waals surface area contributed by atoms with Crippen molar-refractivity contribution >= 4 is 40.6 Å². The van der Waals surface area contributed by atoms with Gasteiger partial charge in [-0.15, -0.1) is 23.7 Å². The molecule has 0 fully saturated rings. The Morgan fingerprint density at radius 3 is 2.50 bits per heavy atom. The van der Waals surface area contributed by atoms with Gasteiger partial charge in [-0.25, -0.2) is 4.98 Å². The van der Waals surface area contributed by atoms with Gasteiger partial charge in [-0.2, -0.15) is 0 Å². The van der Waals surface area contributed by atoms with Crippen LogP contribution in [-0.4, -0.2) is 15.2 Å². The fourth-order valence-electron chi connectivity index (χ4n) is 1.20. The lowest BCUT2D eigenvalue weighted by molar-refractivity contribution is 0.108. The lowest BCUT2D eigenvalue weighted by Gasteiger charge is -1.91. The molecule has 0 saturated carbocycles. The molecule has 84 valence electrons. The van der Waals surface area contributed by atoms with Crippen LogP contribution in [0.5, 0.6) is 0 Å². The van der Waals surface area contributed by atoms with E-state index in [-0.39, 0.29) is 12.4 Å². The molecule has 0 radical (unpaired) electrons. The van der Waals surface area contributed by atoms with Crippen molar-refractivity contribution in [1.82, 2.24) is 9.97 Å². The van der Waals surface area contributed by atoms with Crippen molar-refractivity contribution in [2.45, 2.75) is 6.92 Å². The van der Waals surface area contributed by atoms with E-state index >= 15 is 0 Å². The molecule has 0 unspecified atom stereocenters. The zero-order valence-corrected chi connectivity index (χ0v) is 10.7. The lowest BCUT2D eigenvalue weighted by Crippen LogP contribution is -1.86. The summed E-state index contributed by atoms with van der Waals surface area (Å²) in [5, 5.41) is 0.337. The van der Waals surface area contributed by atoms with E-state index in [0.29, 0.717) is 10.6 Å². The number of thiazole rings is 1. The van der Waals surface area contributed by atoms with E-state index in [1.165, 1.54) is 11.3 Å². The first kappa shape index (κ1) is 13.1. The van der Waals surface area contributed by atoms with Crippen molar-refractivity contribution < 1.29 is 4.79 Å². The molecule has 0 aromatic carbocycles. The van der Waals surface area contributed by atoms with Crippen molar-refractivity contribution in [3.05, 3.63) is 35.1 Å².